The maximum atomic E-state index is 9.92. The van der Waals surface area contributed by atoms with Gasteiger partial charge in [0, 0.05) is 6.20 Å². The predicted octanol–water partition coefficient (Wildman–Crippen LogP) is 1.04. The number of hydrogen-bond acceptors (Lipinski definition) is 3. The van der Waals surface area contributed by atoms with Crippen molar-refractivity contribution < 1.29 is 5.11 Å². The third kappa shape index (κ3) is 0.975. The van der Waals surface area contributed by atoms with Crippen molar-refractivity contribution in [2.75, 3.05) is 5.73 Å². The van der Waals surface area contributed by atoms with E-state index >= 15 is 0 Å². The van der Waals surface area contributed by atoms with E-state index in [0.717, 1.165) is 19.3 Å². The molecule has 0 unspecified atom stereocenters. The third-order valence-electron chi connectivity index (χ3n) is 2.46. The molecule has 1 heterocycles. The fourth-order valence-electron chi connectivity index (χ4n) is 1.56. The minimum Gasteiger partial charge on any atom is -0.397 e. The van der Waals surface area contributed by atoms with E-state index in [4.69, 9.17) is 5.73 Å². The maximum absolute atomic E-state index is 9.92. The summed E-state index contributed by atoms with van der Waals surface area (Å²) in [6.45, 7) is 0. The Kier molecular flexibility index (Phi) is 1.54. The molecular formula is C9H12N2O. The van der Waals surface area contributed by atoms with E-state index in [0.29, 0.717) is 11.4 Å². The molecule has 1 fully saturated rings. The van der Waals surface area contributed by atoms with Crippen LogP contribution in [0, 0.1) is 0 Å². The highest BCUT2D eigenvalue weighted by Gasteiger charge is 2.38. The van der Waals surface area contributed by atoms with Crippen LogP contribution in [0.2, 0.25) is 0 Å². The van der Waals surface area contributed by atoms with Gasteiger partial charge in [-0.05, 0) is 31.4 Å². The molecule has 0 aliphatic heterocycles. The number of aliphatic hydroxyl groups is 1. The minimum atomic E-state index is -0.731. The van der Waals surface area contributed by atoms with E-state index in [9.17, 15) is 5.11 Å². The van der Waals surface area contributed by atoms with Crippen molar-refractivity contribution in [1.29, 1.82) is 0 Å². The first-order valence-corrected chi connectivity index (χ1v) is 4.16. The van der Waals surface area contributed by atoms with Gasteiger partial charge in [-0.3, -0.25) is 4.98 Å². The Labute approximate surface area is 71.2 Å². The standard InChI is InChI=1S/C9H12N2O/c10-7-3-1-6-11-8(7)9(12)4-2-5-9/h1,3,6,12H,2,4-5,10H2. The molecule has 1 aliphatic rings. The Morgan fingerprint density at radius 3 is 2.75 bits per heavy atom. The molecular weight excluding hydrogens is 152 g/mol. The summed E-state index contributed by atoms with van der Waals surface area (Å²) in [5.41, 5.74) is 6.21. The van der Waals surface area contributed by atoms with Crippen molar-refractivity contribution in [3.63, 3.8) is 0 Å². The zero-order valence-corrected chi connectivity index (χ0v) is 6.83. The van der Waals surface area contributed by atoms with Crippen LogP contribution in [0.5, 0.6) is 0 Å². The summed E-state index contributed by atoms with van der Waals surface area (Å²) in [7, 11) is 0. The molecule has 1 aromatic rings. The topological polar surface area (TPSA) is 59.1 Å². The van der Waals surface area contributed by atoms with Crippen LogP contribution in [0.1, 0.15) is 25.0 Å². The summed E-state index contributed by atoms with van der Waals surface area (Å²) in [6, 6.07) is 3.56. The molecule has 64 valence electrons. The van der Waals surface area contributed by atoms with Crippen molar-refractivity contribution in [3.05, 3.63) is 24.0 Å². The van der Waals surface area contributed by atoms with Crippen LogP contribution in [0.4, 0.5) is 5.69 Å². The summed E-state index contributed by atoms with van der Waals surface area (Å²) in [5, 5.41) is 9.92. The lowest BCUT2D eigenvalue weighted by Crippen LogP contribution is -2.35. The molecule has 1 aliphatic carbocycles. The van der Waals surface area contributed by atoms with Crippen LogP contribution in [-0.2, 0) is 5.60 Å². The van der Waals surface area contributed by atoms with Gasteiger partial charge < -0.3 is 10.8 Å². The molecule has 2 rings (SSSR count). The summed E-state index contributed by atoms with van der Waals surface area (Å²) < 4.78 is 0. The highest BCUT2D eigenvalue weighted by molar-refractivity contribution is 5.45. The van der Waals surface area contributed by atoms with Gasteiger partial charge in [-0.1, -0.05) is 0 Å². The number of aromatic nitrogens is 1. The molecule has 12 heavy (non-hydrogen) atoms. The highest BCUT2D eigenvalue weighted by Crippen LogP contribution is 2.41. The Morgan fingerprint density at radius 2 is 2.25 bits per heavy atom. The minimum absolute atomic E-state index is 0.597. The molecule has 0 spiro atoms. The van der Waals surface area contributed by atoms with Gasteiger partial charge in [0.2, 0.25) is 0 Å². The summed E-state index contributed by atoms with van der Waals surface area (Å²) >= 11 is 0. The van der Waals surface area contributed by atoms with Gasteiger partial charge in [0.05, 0.1) is 11.4 Å². The van der Waals surface area contributed by atoms with Crippen LogP contribution < -0.4 is 5.73 Å². The van der Waals surface area contributed by atoms with E-state index in [2.05, 4.69) is 4.98 Å². The summed E-state index contributed by atoms with van der Waals surface area (Å²) in [5.74, 6) is 0. The average molecular weight is 164 g/mol. The molecule has 3 heteroatoms. The lowest BCUT2D eigenvalue weighted by molar-refractivity contribution is -0.0418. The second-order valence-corrected chi connectivity index (χ2v) is 3.33. The van der Waals surface area contributed by atoms with Crippen molar-refractivity contribution in [2.45, 2.75) is 24.9 Å². The molecule has 0 atom stereocenters. The second kappa shape index (κ2) is 2.45. The SMILES string of the molecule is Nc1cccnc1C1(O)CCC1. The zero-order chi connectivity index (χ0) is 8.60. The zero-order valence-electron chi connectivity index (χ0n) is 6.83. The van der Waals surface area contributed by atoms with Crippen molar-refractivity contribution >= 4 is 5.69 Å². The molecule has 0 bridgehead atoms. The Bertz CT molecular complexity index is 294. The van der Waals surface area contributed by atoms with E-state index in [1.165, 1.54) is 0 Å². The number of nitrogens with two attached hydrogens (primary N) is 1. The summed E-state index contributed by atoms with van der Waals surface area (Å²) in [4.78, 5) is 4.10. The van der Waals surface area contributed by atoms with Gasteiger partial charge in [-0.15, -0.1) is 0 Å². The Morgan fingerprint density at radius 1 is 1.50 bits per heavy atom. The molecule has 1 aromatic heterocycles. The van der Waals surface area contributed by atoms with Gasteiger partial charge in [0.1, 0.15) is 5.60 Å². The Hall–Kier alpha value is -1.09. The van der Waals surface area contributed by atoms with E-state index in [1.807, 2.05) is 0 Å². The van der Waals surface area contributed by atoms with E-state index in [1.54, 1.807) is 18.3 Å². The quantitative estimate of drug-likeness (QED) is 0.651. The molecule has 0 radical (unpaired) electrons. The lowest BCUT2D eigenvalue weighted by Gasteiger charge is -2.36. The van der Waals surface area contributed by atoms with Crippen molar-refractivity contribution in [2.24, 2.45) is 0 Å². The Balaban J connectivity index is 2.39. The van der Waals surface area contributed by atoms with Crippen LogP contribution in [0.3, 0.4) is 0 Å². The second-order valence-electron chi connectivity index (χ2n) is 3.33. The first-order valence-electron chi connectivity index (χ1n) is 4.16. The third-order valence-corrected chi connectivity index (χ3v) is 2.46. The van der Waals surface area contributed by atoms with Crippen molar-refractivity contribution in [1.82, 2.24) is 4.98 Å². The number of rotatable bonds is 1. The van der Waals surface area contributed by atoms with Gasteiger partial charge in [-0.2, -0.15) is 0 Å². The predicted molar refractivity (Wildman–Crippen MR) is 46.4 cm³/mol. The number of nitrogens with zero attached hydrogens (tertiary/aromatic N) is 1. The van der Waals surface area contributed by atoms with Crippen LogP contribution in [0.25, 0.3) is 0 Å². The number of anilines is 1. The largest absolute Gasteiger partial charge is 0.397 e. The van der Waals surface area contributed by atoms with Gasteiger partial charge >= 0.3 is 0 Å². The van der Waals surface area contributed by atoms with Crippen molar-refractivity contribution in [3.8, 4) is 0 Å². The number of hydrogen-bond donors (Lipinski definition) is 2. The average Bonchev–Trinajstić information content (AvgIpc) is 2.01. The molecule has 0 aromatic carbocycles. The molecule has 1 saturated carbocycles. The molecule has 0 saturated heterocycles. The highest BCUT2D eigenvalue weighted by atomic mass is 16.3. The normalized spacial score (nSPS) is 20.1. The van der Waals surface area contributed by atoms with Gasteiger partial charge in [0.15, 0.2) is 0 Å². The smallest absolute Gasteiger partial charge is 0.109 e. The van der Waals surface area contributed by atoms with Gasteiger partial charge in [-0.25, -0.2) is 0 Å². The fraction of sp³-hybridized carbons (Fsp3) is 0.444. The molecule has 3 N–H and O–H groups in total. The van der Waals surface area contributed by atoms with E-state index in [-0.39, 0.29) is 0 Å². The van der Waals surface area contributed by atoms with Crippen LogP contribution >= 0.6 is 0 Å². The lowest BCUT2D eigenvalue weighted by atomic mass is 9.77. The maximum Gasteiger partial charge on any atom is 0.109 e. The van der Waals surface area contributed by atoms with Crippen LogP contribution in [0.15, 0.2) is 18.3 Å². The summed E-state index contributed by atoms with van der Waals surface area (Å²) in [6.07, 6.45) is 4.30. The molecule has 3 nitrogen and oxygen atoms in total. The first-order chi connectivity index (χ1) is 5.72. The number of nitrogen functional groups attached to an aromatic ring is 1. The van der Waals surface area contributed by atoms with E-state index < -0.39 is 5.60 Å². The van der Waals surface area contributed by atoms with Crippen LogP contribution in [-0.4, -0.2) is 10.1 Å². The fourth-order valence-corrected chi connectivity index (χ4v) is 1.56. The first kappa shape index (κ1) is 7.55. The number of pyridine rings is 1. The monoisotopic (exact) mass is 164 g/mol. The van der Waals surface area contributed by atoms with Gasteiger partial charge in [0.25, 0.3) is 0 Å². The molecule has 0 amide bonds.